The van der Waals surface area contributed by atoms with Gasteiger partial charge in [-0.1, -0.05) is 30.3 Å². The van der Waals surface area contributed by atoms with Gasteiger partial charge in [0.1, 0.15) is 12.7 Å². The molecular formula is C13H15NO5S. The van der Waals surface area contributed by atoms with Crippen molar-refractivity contribution in [2.24, 2.45) is 0 Å². The SMILES string of the molecule is O=C(OCc1ccccc1)N1CCOC(C=S(=O)=O)C1. The van der Waals surface area contributed by atoms with Gasteiger partial charge in [0.15, 0.2) is 0 Å². The Morgan fingerprint density at radius 1 is 1.40 bits per heavy atom. The molecule has 1 amide bonds. The van der Waals surface area contributed by atoms with Crippen LogP contribution in [-0.4, -0.2) is 50.6 Å². The summed E-state index contributed by atoms with van der Waals surface area (Å²) < 4.78 is 31.6. The van der Waals surface area contributed by atoms with E-state index in [0.717, 1.165) is 10.9 Å². The zero-order chi connectivity index (χ0) is 14.4. The zero-order valence-corrected chi connectivity index (χ0v) is 11.6. The van der Waals surface area contributed by atoms with Gasteiger partial charge in [0.05, 0.1) is 18.5 Å². The molecule has 2 rings (SSSR count). The van der Waals surface area contributed by atoms with Crippen molar-refractivity contribution in [3.05, 3.63) is 35.9 Å². The van der Waals surface area contributed by atoms with E-state index >= 15 is 0 Å². The van der Waals surface area contributed by atoms with Crippen LogP contribution in [0.1, 0.15) is 5.56 Å². The third-order valence-electron chi connectivity index (χ3n) is 2.82. The first-order valence-electron chi connectivity index (χ1n) is 6.15. The van der Waals surface area contributed by atoms with E-state index in [1.807, 2.05) is 30.3 Å². The van der Waals surface area contributed by atoms with Crippen LogP contribution < -0.4 is 0 Å². The molecule has 1 aliphatic heterocycles. The van der Waals surface area contributed by atoms with E-state index < -0.39 is 22.5 Å². The molecule has 7 heteroatoms. The van der Waals surface area contributed by atoms with Gasteiger partial charge in [-0.2, -0.15) is 8.42 Å². The number of benzene rings is 1. The molecule has 6 nitrogen and oxygen atoms in total. The topological polar surface area (TPSA) is 72.9 Å². The minimum absolute atomic E-state index is 0.182. The molecule has 1 aliphatic rings. The van der Waals surface area contributed by atoms with Gasteiger partial charge in [-0.25, -0.2) is 4.79 Å². The fraction of sp³-hybridized carbons (Fsp3) is 0.385. The van der Waals surface area contributed by atoms with Crippen LogP contribution in [0.4, 0.5) is 4.79 Å². The maximum atomic E-state index is 11.9. The van der Waals surface area contributed by atoms with Gasteiger partial charge in [0, 0.05) is 6.54 Å². The second-order valence-electron chi connectivity index (χ2n) is 4.29. The van der Waals surface area contributed by atoms with Crippen molar-refractivity contribution in [1.82, 2.24) is 4.90 Å². The third-order valence-corrected chi connectivity index (χ3v) is 3.35. The number of morpholine rings is 1. The Labute approximate surface area is 118 Å². The number of hydrogen-bond acceptors (Lipinski definition) is 5. The summed E-state index contributed by atoms with van der Waals surface area (Å²) in [7, 11) is -2.30. The van der Waals surface area contributed by atoms with Gasteiger partial charge in [0.2, 0.25) is 10.3 Å². The highest BCUT2D eigenvalue weighted by atomic mass is 32.2. The summed E-state index contributed by atoms with van der Waals surface area (Å²) in [6.07, 6.45) is -1.07. The predicted molar refractivity (Wildman–Crippen MR) is 72.9 cm³/mol. The van der Waals surface area contributed by atoms with Crippen LogP contribution in [0.5, 0.6) is 0 Å². The molecule has 1 fully saturated rings. The van der Waals surface area contributed by atoms with Crippen molar-refractivity contribution in [1.29, 1.82) is 0 Å². The number of amides is 1. The van der Waals surface area contributed by atoms with Gasteiger partial charge >= 0.3 is 6.09 Å². The van der Waals surface area contributed by atoms with Crippen molar-refractivity contribution >= 4 is 21.8 Å². The highest BCUT2D eigenvalue weighted by Crippen LogP contribution is 2.07. The monoisotopic (exact) mass is 297 g/mol. The minimum Gasteiger partial charge on any atom is -0.445 e. The number of carbonyl (C=O) groups excluding carboxylic acids is 1. The van der Waals surface area contributed by atoms with Gasteiger partial charge in [-0.3, -0.25) is 0 Å². The number of ether oxygens (including phenoxy) is 2. The smallest absolute Gasteiger partial charge is 0.410 e. The van der Waals surface area contributed by atoms with Crippen molar-refractivity contribution in [2.45, 2.75) is 12.7 Å². The van der Waals surface area contributed by atoms with Gasteiger partial charge in [0.25, 0.3) is 0 Å². The second-order valence-corrected chi connectivity index (χ2v) is 5.09. The summed E-state index contributed by atoms with van der Waals surface area (Å²) in [5, 5.41) is 1.04. The average Bonchev–Trinajstić information content (AvgIpc) is 2.45. The van der Waals surface area contributed by atoms with Crippen molar-refractivity contribution < 1.29 is 22.7 Å². The fourth-order valence-electron chi connectivity index (χ4n) is 1.86. The molecule has 1 aromatic carbocycles. The van der Waals surface area contributed by atoms with E-state index in [1.54, 1.807) is 0 Å². The van der Waals surface area contributed by atoms with Crippen molar-refractivity contribution in [2.75, 3.05) is 19.7 Å². The van der Waals surface area contributed by atoms with Crippen LogP contribution in [0.2, 0.25) is 0 Å². The summed E-state index contributed by atoms with van der Waals surface area (Å²) >= 11 is 0. The summed E-state index contributed by atoms with van der Waals surface area (Å²) in [6.45, 7) is 1.06. The molecule has 0 saturated carbocycles. The summed E-state index contributed by atoms with van der Waals surface area (Å²) in [4.78, 5) is 13.3. The predicted octanol–water partition coefficient (Wildman–Crippen LogP) is 0.705. The molecule has 1 heterocycles. The second kappa shape index (κ2) is 7.06. The maximum absolute atomic E-state index is 11.9. The molecule has 0 radical (unpaired) electrons. The molecule has 0 N–H and O–H groups in total. The first kappa shape index (κ1) is 14.5. The number of carbonyl (C=O) groups is 1. The normalized spacial score (nSPS) is 18.4. The number of nitrogens with zero attached hydrogens (tertiary/aromatic N) is 1. The lowest BCUT2D eigenvalue weighted by Gasteiger charge is -2.30. The van der Waals surface area contributed by atoms with Crippen LogP contribution in [0.15, 0.2) is 30.3 Å². The van der Waals surface area contributed by atoms with Crippen molar-refractivity contribution in [3.63, 3.8) is 0 Å². The largest absolute Gasteiger partial charge is 0.445 e. The average molecular weight is 297 g/mol. The van der Waals surface area contributed by atoms with E-state index in [-0.39, 0.29) is 13.2 Å². The van der Waals surface area contributed by atoms with Crippen LogP contribution in [0.3, 0.4) is 0 Å². The van der Waals surface area contributed by atoms with Gasteiger partial charge in [-0.15, -0.1) is 0 Å². The molecule has 0 bridgehead atoms. The minimum atomic E-state index is -2.30. The molecule has 1 aromatic rings. The van der Waals surface area contributed by atoms with Crippen molar-refractivity contribution in [3.8, 4) is 0 Å². The summed E-state index contributed by atoms with van der Waals surface area (Å²) in [6, 6.07) is 9.35. The van der Waals surface area contributed by atoms with Crippen LogP contribution in [0.25, 0.3) is 0 Å². The van der Waals surface area contributed by atoms with Crippen LogP contribution in [0, 0.1) is 0 Å². The number of rotatable bonds is 3. The van der Waals surface area contributed by atoms with Gasteiger partial charge in [-0.05, 0) is 5.56 Å². The van der Waals surface area contributed by atoms with E-state index in [2.05, 4.69) is 0 Å². The quantitative estimate of drug-likeness (QED) is 0.768. The molecule has 1 saturated heterocycles. The molecule has 1 atom stereocenters. The van der Waals surface area contributed by atoms with E-state index in [4.69, 9.17) is 9.47 Å². The van der Waals surface area contributed by atoms with Crippen LogP contribution in [-0.2, 0) is 26.4 Å². The molecule has 20 heavy (non-hydrogen) atoms. The Morgan fingerprint density at radius 3 is 2.85 bits per heavy atom. The Kier molecular flexibility index (Phi) is 5.14. The zero-order valence-electron chi connectivity index (χ0n) is 10.8. The molecular weight excluding hydrogens is 282 g/mol. The molecule has 0 aromatic heterocycles. The Bertz CT molecular complexity index is 576. The molecule has 108 valence electrons. The summed E-state index contributed by atoms with van der Waals surface area (Å²) in [5.74, 6) is 0. The Morgan fingerprint density at radius 2 is 2.15 bits per heavy atom. The van der Waals surface area contributed by atoms with E-state index in [0.29, 0.717) is 13.2 Å². The van der Waals surface area contributed by atoms with Gasteiger partial charge < -0.3 is 14.4 Å². The highest BCUT2D eigenvalue weighted by Gasteiger charge is 2.24. The van der Waals surface area contributed by atoms with Crippen LogP contribution >= 0.6 is 0 Å². The highest BCUT2D eigenvalue weighted by molar-refractivity contribution is 7.71. The molecule has 0 spiro atoms. The lowest BCUT2D eigenvalue weighted by Crippen LogP contribution is -2.46. The lowest BCUT2D eigenvalue weighted by atomic mass is 10.2. The maximum Gasteiger partial charge on any atom is 0.410 e. The Hall–Kier alpha value is -1.86. The fourth-order valence-corrected chi connectivity index (χ4v) is 2.27. The first-order valence-corrected chi connectivity index (χ1v) is 7.29. The number of hydrogen-bond donors (Lipinski definition) is 0. The van der Waals surface area contributed by atoms with E-state index in [9.17, 15) is 13.2 Å². The first-order chi connectivity index (χ1) is 9.65. The standard InChI is InChI=1S/C13H15NO5S/c15-13(19-9-11-4-2-1-3-5-11)14-6-7-18-12(8-14)10-20(16)17/h1-5,10,12H,6-9H2. The third kappa shape index (κ3) is 4.36. The lowest BCUT2D eigenvalue weighted by molar-refractivity contribution is 0.00398. The summed E-state index contributed by atoms with van der Waals surface area (Å²) in [5.41, 5.74) is 0.901. The Balaban J connectivity index is 1.87. The van der Waals surface area contributed by atoms with E-state index in [1.165, 1.54) is 4.90 Å². The molecule has 0 aliphatic carbocycles. The molecule has 1 unspecified atom stereocenters.